The molecule has 4 nitrogen and oxygen atoms in total. The zero-order chi connectivity index (χ0) is 12.3. The summed E-state index contributed by atoms with van der Waals surface area (Å²) in [7, 11) is 4.07. The van der Waals surface area contributed by atoms with E-state index in [-0.39, 0.29) is 12.0 Å². The van der Waals surface area contributed by atoms with Crippen LogP contribution in [0.4, 0.5) is 0 Å². The molecule has 1 N–H and O–H groups in total. The Labute approximate surface area is 98.2 Å². The van der Waals surface area contributed by atoms with Gasteiger partial charge in [-0.05, 0) is 45.9 Å². The van der Waals surface area contributed by atoms with Crippen LogP contribution < -0.4 is 0 Å². The van der Waals surface area contributed by atoms with Gasteiger partial charge >= 0.3 is 5.97 Å². The number of piperidine rings is 1. The molecule has 0 saturated carbocycles. The molecule has 0 radical (unpaired) electrons. The molecule has 1 aliphatic rings. The maximum absolute atomic E-state index is 11.2. The lowest BCUT2D eigenvalue weighted by Crippen LogP contribution is -2.51. The summed E-state index contributed by atoms with van der Waals surface area (Å²) in [5.74, 6) is -0.543. The first kappa shape index (κ1) is 13.5. The van der Waals surface area contributed by atoms with Crippen LogP contribution in [-0.4, -0.2) is 60.1 Å². The lowest BCUT2D eigenvalue weighted by atomic mass is 9.97. The maximum Gasteiger partial charge on any atom is 0.321 e. The molecule has 0 aromatic heterocycles. The second-order valence-electron chi connectivity index (χ2n) is 5.23. The fourth-order valence-corrected chi connectivity index (χ4v) is 2.56. The molecule has 94 valence electrons. The fraction of sp³-hybridized carbons (Fsp3) is 0.917. The van der Waals surface area contributed by atoms with Gasteiger partial charge in [0.15, 0.2) is 0 Å². The summed E-state index contributed by atoms with van der Waals surface area (Å²) < 4.78 is 0. The van der Waals surface area contributed by atoms with Crippen molar-refractivity contribution in [3.8, 4) is 0 Å². The van der Waals surface area contributed by atoms with Crippen LogP contribution in [0.25, 0.3) is 0 Å². The third kappa shape index (κ3) is 3.19. The zero-order valence-electron chi connectivity index (χ0n) is 10.8. The molecule has 0 aromatic rings. The number of carbonyl (C=O) groups is 1. The van der Waals surface area contributed by atoms with E-state index < -0.39 is 5.97 Å². The summed E-state index contributed by atoms with van der Waals surface area (Å²) in [6, 6.07) is 0.0631. The van der Waals surface area contributed by atoms with E-state index >= 15 is 0 Å². The number of carboxylic acid groups (broad SMARTS) is 1. The molecule has 4 heteroatoms. The van der Waals surface area contributed by atoms with Crippen molar-refractivity contribution in [1.29, 1.82) is 0 Å². The van der Waals surface area contributed by atoms with E-state index in [1.54, 1.807) is 0 Å². The molecule has 1 atom stereocenters. The Bertz CT molecular complexity index is 235. The number of hydrogen-bond acceptors (Lipinski definition) is 3. The number of nitrogens with zero attached hydrogens (tertiary/aromatic N) is 2. The molecule has 1 heterocycles. The van der Waals surface area contributed by atoms with Gasteiger partial charge in [-0.25, -0.2) is 0 Å². The third-order valence-corrected chi connectivity index (χ3v) is 3.59. The first-order valence-corrected chi connectivity index (χ1v) is 6.06. The van der Waals surface area contributed by atoms with Crippen molar-refractivity contribution in [2.45, 2.75) is 38.8 Å². The van der Waals surface area contributed by atoms with Gasteiger partial charge in [0.05, 0.1) is 0 Å². The van der Waals surface area contributed by atoms with Crippen molar-refractivity contribution in [2.24, 2.45) is 5.92 Å². The van der Waals surface area contributed by atoms with Crippen LogP contribution in [0.2, 0.25) is 0 Å². The minimum absolute atomic E-state index is 0.155. The van der Waals surface area contributed by atoms with Gasteiger partial charge in [-0.3, -0.25) is 9.69 Å². The summed E-state index contributed by atoms with van der Waals surface area (Å²) in [5.41, 5.74) is 0. The predicted octanol–water partition coefficient (Wildman–Crippen LogP) is 1.12. The highest BCUT2D eigenvalue weighted by Crippen LogP contribution is 2.20. The first-order chi connectivity index (χ1) is 7.43. The monoisotopic (exact) mass is 228 g/mol. The second-order valence-corrected chi connectivity index (χ2v) is 5.23. The van der Waals surface area contributed by atoms with Crippen LogP contribution in [-0.2, 0) is 4.79 Å². The van der Waals surface area contributed by atoms with E-state index in [2.05, 4.69) is 16.8 Å². The van der Waals surface area contributed by atoms with Crippen LogP contribution in [0.15, 0.2) is 0 Å². The fourth-order valence-electron chi connectivity index (χ4n) is 2.56. The van der Waals surface area contributed by atoms with Crippen molar-refractivity contribution in [3.05, 3.63) is 0 Å². The Hall–Kier alpha value is -0.610. The van der Waals surface area contributed by atoms with Crippen molar-refractivity contribution in [3.63, 3.8) is 0 Å². The van der Waals surface area contributed by atoms with Gasteiger partial charge in [-0.2, -0.15) is 0 Å². The Morgan fingerprint density at radius 3 is 2.25 bits per heavy atom. The highest BCUT2D eigenvalue weighted by atomic mass is 16.4. The molecule has 0 aliphatic carbocycles. The summed E-state index contributed by atoms with van der Waals surface area (Å²) in [6.07, 6.45) is 2.15. The van der Waals surface area contributed by atoms with E-state index in [4.69, 9.17) is 0 Å². The van der Waals surface area contributed by atoms with Crippen molar-refractivity contribution >= 4 is 5.97 Å². The maximum atomic E-state index is 11.2. The summed E-state index contributed by atoms with van der Waals surface area (Å²) in [4.78, 5) is 15.6. The predicted molar refractivity (Wildman–Crippen MR) is 64.5 cm³/mol. The molecular weight excluding hydrogens is 204 g/mol. The smallest absolute Gasteiger partial charge is 0.321 e. The van der Waals surface area contributed by atoms with Gasteiger partial charge in [0.25, 0.3) is 0 Å². The van der Waals surface area contributed by atoms with Gasteiger partial charge in [0, 0.05) is 6.04 Å². The van der Waals surface area contributed by atoms with E-state index in [0.717, 1.165) is 25.9 Å². The average Bonchev–Trinajstić information content (AvgIpc) is 2.17. The lowest BCUT2D eigenvalue weighted by molar-refractivity contribution is -0.145. The van der Waals surface area contributed by atoms with Gasteiger partial charge in [0.2, 0.25) is 0 Å². The number of aliphatic carboxylic acids is 1. The van der Waals surface area contributed by atoms with Crippen LogP contribution in [0, 0.1) is 5.92 Å². The van der Waals surface area contributed by atoms with Crippen LogP contribution in [0.5, 0.6) is 0 Å². The van der Waals surface area contributed by atoms with Gasteiger partial charge in [-0.15, -0.1) is 0 Å². The number of carboxylic acids is 1. The van der Waals surface area contributed by atoms with Crippen molar-refractivity contribution < 1.29 is 9.90 Å². The first-order valence-electron chi connectivity index (χ1n) is 6.06. The second kappa shape index (κ2) is 5.64. The zero-order valence-corrected chi connectivity index (χ0v) is 10.8. The van der Waals surface area contributed by atoms with Gasteiger partial charge in [-0.1, -0.05) is 13.8 Å². The Balaban J connectivity index is 2.60. The molecule has 0 spiro atoms. The lowest BCUT2D eigenvalue weighted by Gasteiger charge is -2.39. The van der Waals surface area contributed by atoms with Crippen molar-refractivity contribution in [2.75, 3.05) is 27.2 Å². The van der Waals surface area contributed by atoms with Crippen LogP contribution >= 0.6 is 0 Å². The number of likely N-dealkylation sites (tertiary alicyclic amines) is 1. The van der Waals surface area contributed by atoms with E-state index in [1.165, 1.54) is 0 Å². The summed E-state index contributed by atoms with van der Waals surface area (Å²) in [6.45, 7) is 6.09. The number of likely N-dealkylation sites (N-methyl/N-ethyl adjacent to an activating group) is 1. The molecule has 1 aliphatic heterocycles. The van der Waals surface area contributed by atoms with Crippen LogP contribution in [0.3, 0.4) is 0 Å². The van der Waals surface area contributed by atoms with Crippen LogP contribution in [0.1, 0.15) is 26.7 Å². The molecule has 0 aromatic carbocycles. The minimum Gasteiger partial charge on any atom is -0.480 e. The molecule has 1 saturated heterocycles. The number of hydrogen-bond donors (Lipinski definition) is 1. The molecular formula is C12H24N2O2. The molecule has 1 rings (SSSR count). The third-order valence-electron chi connectivity index (χ3n) is 3.59. The average molecular weight is 228 g/mol. The van der Waals surface area contributed by atoms with Gasteiger partial charge in [0.1, 0.15) is 6.04 Å². The van der Waals surface area contributed by atoms with Crippen molar-refractivity contribution in [1.82, 2.24) is 9.80 Å². The Morgan fingerprint density at radius 1 is 1.38 bits per heavy atom. The highest BCUT2D eigenvalue weighted by Gasteiger charge is 2.32. The largest absolute Gasteiger partial charge is 0.480 e. The van der Waals surface area contributed by atoms with E-state index in [0.29, 0.717) is 6.04 Å². The minimum atomic E-state index is -0.698. The summed E-state index contributed by atoms with van der Waals surface area (Å²) >= 11 is 0. The van der Waals surface area contributed by atoms with Gasteiger partial charge < -0.3 is 10.0 Å². The molecule has 1 fully saturated rings. The molecule has 0 bridgehead atoms. The topological polar surface area (TPSA) is 43.8 Å². The number of rotatable bonds is 4. The Morgan fingerprint density at radius 2 is 1.88 bits per heavy atom. The molecule has 1 unspecified atom stereocenters. The highest BCUT2D eigenvalue weighted by molar-refractivity contribution is 5.73. The standard InChI is InChI=1S/C12H24N2O2/c1-9(2)11(12(15)16)14(4)10-5-7-13(3)8-6-10/h9-11H,5-8H2,1-4H3,(H,15,16). The quantitative estimate of drug-likeness (QED) is 0.783. The summed E-state index contributed by atoms with van der Waals surface area (Å²) in [5, 5.41) is 9.24. The molecule has 0 amide bonds. The normalized spacial score (nSPS) is 21.6. The van der Waals surface area contributed by atoms with E-state index in [1.807, 2.05) is 20.9 Å². The molecule has 16 heavy (non-hydrogen) atoms. The van der Waals surface area contributed by atoms with E-state index in [9.17, 15) is 9.90 Å². The Kier molecular flexibility index (Phi) is 4.74. The SMILES string of the molecule is CC(C)C(C(=O)O)N(C)C1CCN(C)CC1.